The molecule has 0 radical (unpaired) electrons. The molecule has 0 saturated heterocycles. The number of furan rings is 1. The third-order valence-corrected chi connectivity index (χ3v) is 5.76. The summed E-state index contributed by atoms with van der Waals surface area (Å²) in [5.74, 6) is 0.388. The molecule has 1 amide bonds. The lowest BCUT2D eigenvalue weighted by molar-refractivity contribution is -0.384. The first kappa shape index (κ1) is 24.5. The van der Waals surface area contributed by atoms with Crippen molar-refractivity contribution in [3.8, 4) is 22.6 Å². The molecule has 8 heteroatoms. The Kier molecular flexibility index (Phi) is 7.05. The number of hydrogen-bond donors (Lipinski definition) is 1. The Morgan fingerprint density at radius 3 is 2.53 bits per heavy atom. The molecule has 0 aliphatic heterocycles. The van der Waals surface area contributed by atoms with E-state index >= 15 is 0 Å². The number of non-ortho nitro benzene ring substituents is 1. The average Bonchev–Trinajstić information content (AvgIpc) is 3.27. The van der Waals surface area contributed by atoms with Gasteiger partial charge in [0.25, 0.3) is 5.69 Å². The van der Waals surface area contributed by atoms with Gasteiger partial charge >= 0.3 is 0 Å². The molecule has 0 bridgehead atoms. The van der Waals surface area contributed by atoms with Crippen molar-refractivity contribution in [3.05, 3.63) is 88.2 Å². The van der Waals surface area contributed by atoms with E-state index < -0.39 is 10.8 Å². The molecule has 0 aliphatic rings. The number of nitro groups is 1. The Bertz CT molecular complexity index is 1470. The average molecular weight is 487 g/mol. The van der Waals surface area contributed by atoms with Gasteiger partial charge in [0.1, 0.15) is 17.1 Å². The first-order chi connectivity index (χ1) is 17.3. The number of rotatable bonds is 8. The lowest BCUT2D eigenvalue weighted by atomic mass is 9.98. The summed E-state index contributed by atoms with van der Waals surface area (Å²) in [5.41, 5.74) is 5.46. The highest BCUT2D eigenvalue weighted by atomic mass is 16.6. The van der Waals surface area contributed by atoms with Gasteiger partial charge in [0, 0.05) is 34.7 Å². The third-order valence-electron chi connectivity index (χ3n) is 5.76. The molecule has 0 spiro atoms. The molecular formula is C28H26N2O6. The van der Waals surface area contributed by atoms with E-state index in [1.807, 2.05) is 57.2 Å². The fourth-order valence-electron chi connectivity index (χ4n) is 3.93. The number of anilines is 1. The van der Waals surface area contributed by atoms with Crippen LogP contribution in [0.5, 0.6) is 11.5 Å². The van der Waals surface area contributed by atoms with Gasteiger partial charge in [-0.3, -0.25) is 14.9 Å². The number of fused-ring (bicyclic) bond motifs is 1. The van der Waals surface area contributed by atoms with E-state index in [1.165, 1.54) is 36.9 Å². The number of amides is 1. The highest BCUT2D eigenvalue weighted by Gasteiger charge is 2.17. The van der Waals surface area contributed by atoms with Crippen molar-refractivity contribution in [2.45, 2.75) is 20.8 Å². The quantitative estimate of drug-likeness (QED) is 0.167. The van der Waals surface area contributed by atoms with Gasteiger partial charge in [-0.05, 0) is 44.0 Å². The molecule has 4 aromatic rings. The largest absolute Gasteiger partial charge is 0.494 e. The number of nitrogens with one attached hydrogen (secondary N) is 1. The van der Waals surface area contributed by atoms with Crippen LogP contribution in [0.15, 0.2) is 71.4 Å². The monoisotopic (exact) mass is 486 g/mol. The fraction of sp³-hybridized carbons (Fsp3) is 0.179. The lowest BCUT2D eigenvalue weighted by Gasteiger charge is -2.12. The minimum Gasteiger partial charge on any atom is -0.494 e. The van der Waals surface area contributed by atoms with Gasteiger partial charge in [0.05, 0.1) is 36.7 Å². The number of ether oxygens (including phenoxy) is 2. The van der Waals surface area contributed by atoms with Crippen LogP contribution in [0.25, 0.3) is 27.7 Å². The lowest BCUT2D eigenvalue weighted by Crippen LogP contribution is -2.10. The van der Waals surface area contributed by atoms with Gasteiger partial charge in [0.2, 0.25) is 5.91 Å². The van der Waals surface area contributed by atoms with Crippen LogP contribution in [0.3, 0.4) is 0 Å². The van der Waals surface area contributed by atoms with Crippen molar-refractivity contribution < 1.29 is 23.6 Å². The molecule has 184 valence electrons. The van der Waals surface area contributed by atoms with Gasteiger partial charge < -0.3 is 19.2 Å². The zero-order valence-corrected chi connectivity index (χ0v) is 20.5. The van der Waals surface area contributed by atoms with Crippen LogP contribution in [-0.2, 0) is 4.79 Å². The highest BCUT2D eigenvalue weighted by molar-refractivity contribution is 6.06. The molecule has 0 aliphatic carbocycles. The van der Waals surface area contributed by atoms with Gasteiger partial charge in [-0.2, -0.15) is 0 Å². The maximum Gasteiger partial charge on any atom is 0.273 e. The van der Waals surface area contributed by atoms with E-state index in [4.69, 9.17) is 13.9 Å². The summed E-state index contributed by atoms with van der Waals surface area (Å²) in [7, 11) is 1.38. The van der Waals surface area contributed by atoms with Gasteiger partial charge in [-0.15, -0.1) is 0 Å². The number of nitrogens with zero attached hydrogens (tertiary/aromatic N) is 1. The van der Waals surface area contributed by atoms with Crippen LogP contribution in [0, 0.1) is 17.0 Å². The molecule has 0 atom stereocenters. The summed E-state index contributed by atoms with van der Waals surface area (Å²) in [4.78, 5) is 23.4. The maximum absolute atomic E-state index is 12.8. The summed E-state index contributed by atoms with van der Waals surface area (Å²) < 4.78 is 16.9. The summed E-state index contributed by atoms with van der Waals surface area (Å²) in [6.07, 6.45) is 3.18. The second-order valence-corrected chi connectivity index (χ2v) is 8.25. The predicted octanol–water partition coefficient (Wildman–Crippen LogP) is 6.77. The van der Waals surface area contributed by atoms with Crippen LogP contribution in [0.1, 0.15) is 25.0 Å². The van der Waals surface area contributed by atoms with Crippen LogP contribution in [-0.4, -0.2) is 24.5 Å². The van der Waals surface area contributed by atoms with Gasteiger partial charge in [-0.25, -0.2) is 0 Å². The first-order valence-corrected chi connectivity index (χ1v) is 11.4. The second-order valence-electron chi connectivity index (χ2n) is 8.25. The smallest absolute Gasteiger partial charge is 0.273 e. The standard InChI is InChI=1S/C28H26N2O6/c1-5-35-25-15-26-22(23(16-36-26)19-8-6-17(2)7-9-19)14-21(25)18(3)12-28(31)29-24-11-10-20(30(32)33)13-27(24)34-4/h6-16H,5H2,1-4H3,(H,29,31)/b18-12+. The molecule has 1 heterocycles. The number of nitro benzene ring substituents is 1. The Hall–Kier alpha value is -4.59. The van der Waals surface area contributed by atoms with Crippen LogP contribution < -0.4 is 14.8 Å². The van der Waals surface area contributed by atoms with E-state index in [9.17, 15) is 14.9 Å². The van der Waals surface area contributed by atoms with Crippen molar-refractivity contribution >= 4 is 33.8 Å². The molecule has 36 heavy (non-hydrogen) atoms. The molecule has 0 saturated carbocycles. The van der Waals surface area contributed by atoms with E-state index in [1.54, 1.807) is 6.26 Å². The first-order valence-electron chi connectivity index (χ1n) is 11.4. The van der Waals surface area contributed by atoms with E-state index in [2.05, 4.69) is 5.32 Å². The van der Waals surface area contributed by atoms with Crippen molar-refractivity contribution in [3.63, 3.8) is 0 Å². The van der Waals surface area contributed by atoms with E-state index in [0.29, 0.717) is 29.2 Å². The second kappa shape index (κ2) is 10.4. The zero-order chi connectivity index (χ0) is 25.8. The molecule has 8 nitrogen and oxygen atoms in total. The van der Waals surface area contributed by atoms with Crippen molar-refractivity contribution in [2.24, 2.45) is 0 Å². The summed E-state index contributed by atoms with van der Waals surface area (Å²) in [6.45, 7) is 6.20. The third kappa shape index (κ3) is 5.07. The number of carbonyl (C=O) groups excluding carboxylic acids is 1. The van der Waals surface area contributed by atoms with Crippen LogP contribution >= 0.6 is 0 Å². The van der Waals surface area contributed by atoms with E-state index in [-0.39, 0.29) is 11.4 Å². The Morgan fingerprint density at radius 2 is 1.86 bits per heavy atom. The van der Waals surface area contributed by atoms with E-state index in [0.717, 1.165) is 22.1 Å². The fourth-order valence-corrected chi connectivity index (χ4v) is 3.93. The summed E-state index contributed by atoms with van der Waals surface area (Å²) in [6, 6.07) is 16.0. The SMILES string of the molecule is CCOc1cc2occ(-c3ccc(C)cc3)c2cc1/C(C)=C/C(=O)Nc1ccc([N+](=O)[O-])cc1OC. The molecule has 1 aromatic heterocycles. The van der Waals surface area contributed by atoms with Crippen LogP contribution in [0.2, 0.25) is 0 Å². The van der Waals surface area contributed by atoms with Crippen molar-refractivity contribution in [1.82, 2.24) is 0 Å². The number of methoxy groups -OCH3 is 1. The number of hydrogen-bond acceptors (Lipinski definition) is 6. The van der Waals surface area contributed by atoms with Crippen LogP contribution in [0.4, 0.5) is 11.4 Å². The topological polar surface area (TPSA) is 104 Å². The number of aryl methyl sites for hydroxylation is 1. The highest BCUT2D eigenvalue weighted by Crippen LogP contribution is 2.38. The Balaban J connectivity index is 1.69. The normalized spacial score (nSPS) is 11.4. The number of allylic oxidation sites excluding steroid dienone is 1. The molecule has 0 fully saturated rings. The van der Waals surface area contributed by atoms with Crippen molar-refractivity contribution in [2.75, 3.05) is 19.0 Å². The molecule has 0 unspecified atom stereocenters. The molecular weight excluding hydrogens is 460 g/mol. The molecule has 4 rings (SSSR count). The number of carbonyl (C=O) groups is 1. The number of benzene rings is 3. The zero-order valence-electron chi connectivity index (χ0n) is 20.5. The minimum absolute atomic E-state index is 0.129. The molecule has 1 N–H and O–H groups in total. The Labute approximate surface area is 208 Å². The molecule has 3 aromatic carbocycles. The summed E-state index contributed by atoms with van der Waals surface area (Å²) in [5, 5.41) is 14.7. The van der Waals surface area contributed by atoms with Gasteiger partial charge in [-0.1, -0.05) is 29.8 Å². The Morgan fingerprint density at radius 1 is 1.11 bits per heavy atom. The summed E-state index contributed by atoms with van der Waals surface area (Å²) >= 11 is 0. The minimum atomic E-state index is -0.524. The maximum atomic E-state index is 12.8. The van der Waals surface area contributed by atoms with Crippen molar-refractivity contribution in [1.29, 1.82) is 0 Å². The van der Waals surface area contributed by atoms with Gasteiger partial charge in [0.15, 0.2) is 0 Å². The predicted molar refractivity (Wildman–Crippen MR) is 139 cm³/mol.